The molecule has 1 N–H and O–H groups in total. The summed E-state index contributed by atoms with van der Waals surface area (Å²) in [4.78, 5) is 25.3. The van der Waals surface area contributed by atoms with Gasteiger partial charge in [0, 0.05) is 20.2 Å². The van der Waals surface area contributed by atoms with E-state index < -0.39 is 18.2 Å². The molecule has 0 saturated carbocycles. The number of nitrogens with zero attached hydrogens (tertiary/aromatic N) is 2. The van der Waals surface area contributed by atoms with Crippen molar-refractivity contribution in [3.63, 3.8) is 0 Å². The van der Waals surface area contributed by atoms with E-state index >= 15 is 0 Å². The van der Waals surface area contributed by atoms with Crippen LogP contribution in [0.15, 0.2) is 34.1 Å². The molecule has 1 saturated heterocycles. The fourth-order valence-corrected chi connectivity index (χ4v) is 1.57. The quantitative estimate of drug-likeness (QED) is 0.585. The third kappa shape index (κ3) is 1.95. The molecule has 1 aromatic rings. The van der Waals surface area contributed by atoms with Gasteiger partial charge in [-0.1, -0.05) is 0 Å². The lowest BCUT2D eigenvalue weighted by Gasteiger charge is -2.33. The summed E-state index contributed by atoms with van der Waals surface area (Å²) in [6, 6.07) is 2.82. The lowest BCUT2D eigenvalue weighted by molar-refractivity contribution is -0.128. The topological polar surface area (TPSA) is 74.0 Å². The Balaban J connectivity index is 2.40. The molecule has 0 aliphatic carbocycles. The molecule has 2 heterocycles. The van der Waals surface area contributed by atoms with Crippen molar-refractivity contribution in [3.05, 3.63) is 35.5 Å². The summed E-state index contributed by atoms with van der Waals surface area (Å²) >= 11 is 0. The van der Waals surface area contributed by atoms with Crippen LogP contribution in [0.1, 0.15) is 5.76 Å². The molecule has 1 aromatic heterocycles. The van der Waals surface area contributed by atoms with Crippen LogP contribution in [-0.4, -0.2) is 47.2 Å². The first-order valence-corrected chi connectivity index (χ1v) is 5.25. The molecule has 94 valence electrons. The van der Waals surface area contributed by atoms with E-state index in [9.17, 15) is 14.7 Å². The number of carbonyl (C=O) groups excluding carboxylic acids is 2. The molecule has 2 rings (SSSR count). The van der Waals surface area contributed by atoms with Crippen LogP contribution in [-0.2, 0) is 4.79 Å². The summed E-state index contributed by atoms with van der Waals surface area (Å²) in [7, 11) is 2.76. The van der Waals surface area contributed by atoms with E-state index in [2.05, 4.69) is 5.73 Å². The molecule has 1 fully saturated rings. The van der Waals surface area contributed by atoms with Crippen molar-refractivity contribution in [1.82, 2.24) is 9.80 Å². The maximum Gasteiger partial charge on any atom is 0.328 e. The molecule has 1 atom stereocenters. The SMILES string of the molecule is CN1C(=O)C(=C=Cc2ccco2)C(O)N(C)C1=O. The zero-order valence-corrected chi connectivity index (χ0v) is 9.95. The highest BCUT2D eigenvalue weighted by molar-refractivity contribution is 6.07. The third-order valence-corrected chi connectivity index (χ3v) is 2.66. The van der Waals surface area contributed by atoms with Crippen LogP contribution in [0.2, 0.25) is 0 Å². The van der Waals surface area contributed by atoms with Crippen LogP contribution < -0.4 is 0 Å². The first-order valence-electron chi connectivity index (χ1n) is 5.25. The third-order valence-electron chi connectivity index (χ3n) is 2.66. The van der Waals surface area contributed by atoms with Gasteiger partial charge in [0.15, 0.2) is 6.23 Å². The number of aliphatic hydroxyl groups is 1. The van der Waals surface area contributed by atoms with Crippen LogP contribution >= 0.6 is 0 Å². The molecule has 18 heavy (non-hydrogen) atoms. The average Bonchev–Trinajstić information content (AvgIpc) is 2.87. The number of urea groups is 1. The van der Waals surface area contributed by atoms with Gasteiger partial charge in [-0.05, 0) is 12.1 Å². The Morgan fingerprint density at radius 3 is 2.78 bits per heavy atom. The second kappa shape index (κ2) is 4.52. The van der Waals surface area contributed by atoms with Crippen molar-refractivity contribution in [1.29, 1.82) is 0 Å². The molecule has 6 nitrogen and oxygen atoms in total. The minimum Gasteiger partial charge on any atom is -0.464 e. The van der Waals surface area contributed by atoms with Gasteiger partial charge in [0.05, 0.1) is 6.26 Å². The smallest absolute Gasteiger partial charge is 0.328 e. The van der Waals surface area contributed by atoms with Gasteiger partial charge in [-0.15, -0.1) is 5.73 Å². The Labute approximate surface area is 103 Å². The second-order valence-corrected chi connectivity index (χ2v) is 3.85. The van der Waals surface area contributed by atoms with Crippen LogP contribution in [0, 0.1) is 0 Å². The van der Waals surface area contributed by atoms with Gasteiger partial charge in [-0.2, -0.15) is 0 Å². The molecule has 3 amide bonds. The van der Waals surface area contributed by atoms with E-state index in [-0.39, 0.29) is 5.57 Å². The second-order valence-electron chi connectivity index (χ2n) is 3.85. The number of hydrogen-bond donors (Lipinski definition) is 1. The number of amides is 3. The normalized spacial score (nSPS) is 20.2. The van der Waals surface area contributed by atoms with Gasteiger partial charge in [0.25, 0.3) is 5.91 Å². The number of aliphatic hydroxyl groups excluding tert-OH is 1. The maximum atomic E-state index is 11.8. The molecule has 0 bridgehead atoms. The van der Waals surface area contributed by atoms with E-state index in [1.807, 2.05) is 0 Å². The zero-order valence-electron chi connectivity index (χ0n) is 9.95. The molecule has 6 heteroatoms. The Bertz CT molecular complexity index is 540. The number of furan rings is 1. The zero-order chi connectivity index (χ0) is 13.3. The molecular weight excluding hydrogens is 236 g/mol. The molecule has 0 radical (unpaired) electrons. The molecule has 0 spiro atoms. The molecular formula is C12H12N2O4. The van der Waals surface area contributed by atoms with Crippen LogP contribution in [0.5, 0.6) is 0 Å². The van der Waals surface area contributed by atoms with Crippen molar-refractivity contribution in [2.45, 2.75) is 6.23 Å². The lowest BCUT2D eigenvalue weighted by atomic mass is 10.1. The average molecular weight is 248 g/mol. The van der Waals surface area contributed by atoms with E-state index in [0.29, 0.717) is 5.76 Å². The number of likely N-dealkylation sites (N-methyl/N-ethyl adjacent to an activating group) is 2. The molecule has 1 aliphatic rings. The van der Waals surface area contributed by atoms with Crippen molar-refractivity contribution in [3.8, 4) is 0 Å². The van der Waals surface area contributed by atoms with Crippen molar-refractivity contribution in [2.75, 3.05) is 14.1 Å². The summed E-state index contributed by atoms with van der Waals surface area (Å²) in [5.74, 6) is -0.0712. The van der Waals surface area contributed by atoms with Gasteiger partial charge in [-0.25, -0.2) is 4.79 Å². The maximum absolute atomic E-state index is 11.8. The van der Waals surface area contributed by atoms with E-state index in [4.69, 9.17) is 4.42 Å². The number of rotatable bonds is 1. The highest BCUT2D eigenvalue weighted by Crippen LogP contribution is 2.17. The van der Waals surface area contributed by atoms with Crippen LogP contribution in [0.4, 0.5) is 4.79 Å². The predicted octanol–water partition coefficient (Wildman–Crippen LogP) is 0.660. The highest BCUT2D eigenvalue weighted by atomic mass is 16.3. The first kappa shape index (κ1) is 12.2. The highest BCUT2D eigenvalue weighted by Gasteiger charge is 2.37. The largest absolute Gasteiger partial charge is 0.464 e. The Hall–Kier alpha value is -2.30. The summed E-state index contributed by atoms with van der Waals surface area (Å²) in [5, 5.41) is 9.83. The Morgan fingerprint density at radius 2 is 2.17 bits per heavy atom. The van der Waals surface area contributed by atoms with E-state index in [1.165, 1.54) is 26.4 Å². The molecule has 1 aliphatic heterocycles. The van der Waals surface area contributed by atoms with Crippen molar-refractivity contribution >= 4 is 18.0 Å². The van der Waals surface area contributed by atoms with Crippen LogP contribution in [0.25, 0.3) is 6.08 Å². The summed E-state index contributed by atoms with van der Waals surface area (Å²) < 4.78 is 5.05. The summed E-state index contributed by atoms with van der Waals surface area (Å²) in [6.07, 6.45) is 1.62. The fourth-order valence-electron chi connectivity index (χ4n) is 1.57. The number of imide groups is 1. The summed E-state index contributed by atoms with van der Waals surface area (Å²) in [6.45, 7) is 0. The monoisotopic (exact) mass is 248 g/mol. The van der Waals surface area contributed by atoms with Crippen molar-refractivity contribution < 1.29 is 19.1 Å². The predicted molar refractivity (Wildman–Crippen MR) is 62.1 cm³/mol. The summed E-state index contributed by atoms with van der Waals surface area (Å²) in [5.41, 5.74) is 2.66. The van der Waals surface area contributed by atoms with Gasteiger partial charge in [0.2, 0.25) is 0 Å². The lowest BCUT2D eigenvalue weighted by Crippen LogP contribution is -2.55. The van der Waals surface area contributed by atoms with Gasteiger partial charge in [0.1, 0.15) is 11.3 Å². The van der Waals surface area contributed by atoms with Crippen LogP contribution in [0.3, 0.4) is 0 Å². The number of carbonyl (C=O) groups is 2. The fraction of sp³-hybridized carbons (Fsp3) is 0.250. The van der Waals surface area contributed by atoms with Gasteiger partial charge in [-0.3, -0.25) is 14.6 Å². The molecule has 1 unspecified atom stereocenters. The Morgan fingerprint density at radius 1 is 1.44 bits per heavy atom. The minimum absolute atomic E-state index is 0.00370. The first-order chi connectivity index (χ1) is 8.52. The van der Waals surface area contributed by atoms with Gasteiger partial charge >= 0.3 is 6.03 Å². The van der Waals surface area contributed by atoms with E-state index in [1.54, 1.807) is 12.1 Å². The number of hydrogen-bond acceptors (Lipinski definition) is 4. The minimum atomic E-state index is -1.30. The van der Waals surface area contributed by atoms with E-state index in [0.717, 1.165) is 9.80 Å². The molecule has 0 aromatic carbocycles. The van der Waals surface area contributed by atoms with Crippen molar-refractivity contribution in [2.24, 2.45) is 0 Å². The van der Waals surface area contributed by atoms with Gasteiger partial charge < -0.3 is 9.52 Å². The standard InChI is InChI=1S/C12H12N2O4/c1-13-10(15)9(11(16)14(2)12(13)17)6-5-8-4-3-7-18-8/h3-5,7,10,15H,1-2H3. The Kier molecular flexibility index (Phi) is 3.06.